The first-order valence-corrected chi connectivity index (χ1v) is 7.82. The van der Waals surface area contributed by atoms with E-state index in [1.807, 2.05) is 78.9 Å². The highest BCUT2D eigenvalue weighted by molar-refractivity contribution is 5.97. The minimum atomic E-state index is -0.470. The molecule has 0 radical (unpaired) electrons. The van der Waals surface area contributed by atoms with E-state index in [0.717, 1.165) is 16.7 Å². The molecule has 0 aromatic heterocycles. The molecule has 0 fully saturated rings. The molecule has 0 aliphatic rings. The van der Waals surface area contributed by atoms with E-state index >= 15 is 0 Å². The van der Waals surface area contributed by atoms with Crippen molar-refractivity contribution in [1.82, 2.24) is 0 Å². The lowest BCUT2D eigenvalue weighted by Crippen LogP contribution is -2.11. The van der Waals surface area contributed by atoms with Crippen LogP contribution in [0.3, 0.4) is 0 Å². The first kappa shape index (κ1) is 15.8. The fourth-order valence-corrected chi connectivity index (χ4v) is 2.60. The summed E-state index contributed by atoms with van der Waals surface area (Å²) < 4.78 is 5.68. The van der Waals surface area contributed by atoms with Crippen LogP contribution in [0, 0.1) is 0 Å². The van der Waals surface area contributed by atoms with E-state index in [2.05, 4.69) is 6.58 Å². The van der Waals surface area contributed by atoms with Gasteiger partial charge in [-0.3, -0.25) is 0 Å². The van der Waals surface area contributed by atoms with Crippen LogP contribution >= 0.6 is 0 Å². The maximum atomic E-state index is 12.7. The fraction of sp³-hybridized carbons (Fsp3) is 0.0455. The summed E-state index contributed by atoms with van der Waals surface area (Å²) in [4.78, 5) is 12.7. The number of carbonyl (C=O) groups excluding carboxylic acids is 1. The van der Waals surface area contributed by atoms with E-state index in [9.17, 15) is 4.79 Å². The molecule has 3 aromatic rings. The smallest absolute Gasteiger partial charge is 0.339 e. The summed E-state index contributed by atoms with van der Waals surface area (Å²) in [5.41, 5.74) is 3.29. The lowest BCUT2D eigenvalue weighted by Gasteiger charge is -2.16. The number of benzene rings is 3. The van der Waals surface area contributed by atoms with Gasteiger partial charge in [-0.15, -0.1) is 0 Å². The summed E-state index contributed by atoms with van der Waals surface area (Å²) in [6.45, 7) is 3.79. The highest BCUT2D eigenvalue weighted by Gasteiger charge is 2.18. The second kappa shape index (κ2) is 7.42. The average molecular weight is 314 g/mol. The van der Waals surface area contributed by atoms with Gasteiger partial charge >= 0.3 is 5.97 Å². The lowest BCUT2D eigenvalue weighted by molar-refractivity contribution is 0.0393. The Balaban J connectivity index is 1.90. The van der Waals surface area contributed by atoms with E-state index in [-0.39, 0.29) is 5.97 Å². The van der Waals surface area contributed by atoms with Gasteiger partial charge in [-0.25, -0.2) is 4.79 Å². The molecule has 0 bridgehead atoms. The number of esters is 1. The Hall–Kier alpha value is -3.13. The summed E-state index contributed by atoms with van der Waals surface area (Å²) in [7, 11) is 0. The Morgan fingerprint density at radius 2 is 1.42 bits per heavy atom. The molecule has 0 aliphatic heterocycles. The maximum Gasteiger partial charge on any atom is 0.339 e. The monoisotopic (exact) mass is 314 g/mol. The number of carbonyl (C=O) groups is 1. The Bertz CT molecular complexity index is 823. The van der Waals surface area contributed by atoms with Crippen LogP contribution in [0.2, 0.25) is 0 Å². The molecule has 0 amide bonds. The minimum Gasteiger partial charge on any atom is -0.450 e. The number of rotatable bonds is 5. The molecule has 3 aromatic carbocycles. The van der Waals surface area contributed by atoms with Crippen LogP contribution in [-0.2, 0) is 4.74 Å². The van der Waals surface area contributed by atoms with Gasteiger partial charge in [0.05, 0.1) is 5.56 Å². The van der Waals surface area contributed by atoms with Gasteiger partial charge in [-0.1, -0.05) is 85.4 Å². The molecular formula is C22H18O2. The molecular weight excluding hydrogens is 296 g/mol. The van der Waals surface area contributed by atoms with Gasteiger partial charge in [-0.2, -0.15) is 0 Å². The zero-order valence-corrected chi connectivity index (χ0v) is 13.3. The number of ether oxygens (including phenoxy) is 1. The van der Waals surface area contributed by atoms with E-state index < -0.39 is 6.10 Å². The summed E-state index contributed by atoms with van der Waals surface area (Å²) in [6, 6.07) is 26.9. The first-order chi connectivity index (χ1) is 11.8. The van der Waals surface area contributed by atoms with E-state index in [1.54, 1.807) is 12.1 Å². The standard InChI is InChI=1S/C22H18O2/c1-2-21(18-13-7-4-8-14-18)24-22(23)20-16-10-9-15-19(20)17-11-5-3-6-12-17/h2-16,21H,1H2/t21-/m1/s1. The number of hydrogen-bond donors (Lipinski definition) is 0. The van der Waals surface area contributed by atoms with Crippen molar-refractivity contribution in [3.8, 4) is 11.1 Å². The zero-order chi connectivity index (χ0) is 16.8. The fourth-order valence-electron chi connectivity index (χ4n) is 2.60. The molecule has 118 valence electrons. The summed E-state index contributed by atoms with van der Waals surface area (Å²) in [5.74, 6) is -0.358. The molecule has 24 heavy (non-hydrogen) atoms. The van der Waals surface area contributed by atoms with Crippen LogP contribution < -0.4 is 0 Å². The molecule has 0 heterocycles. The van der Waals surface area contributed by atoms with Crippen molar-refractivity contribution < 1.29 is 9.53 Å². The largest absolute Gasteiger partial charge is 0.450 e. The topological polar surface area (TPSA) is 26.3 Å². The van der Waals surface area contributed by atoms with Crippen molar-refractivity contribution in [2.45, 2.75) is 6.10 Å². The lowest BCUT2D eigenvalue weighted by atomic mass is 10.00. The van der Waals surface area contributed by atoms with Crippen LogP contribution in [-0.4, -0.2) is 5.97 Å². The van der Waals surface area contributed by atoms with Crippen molar-refractivity contribution in [1.29, 1.82) is 0 Å². The van der Waals surface area contributed by atoms with Crippen LogP contribution in [0.15, 0.2) is 97.6 Å². The highest BCUT2D eigenvalue weighted by Crippen LogP contribution is 2.26. The Labute approximate surface area is 142 Å². The van der Waals surface area contributed by atoms with Crippen molar-refractivity contribution in [2.75, 3.05) is 0 Å². The van der Waals surface area contributed by atoms with Crippen LogP contribution in [0.4, 0.5) is 0 Å². The molecule has 0 N–H and O–H groups in total. The summed E-state index contributed by atoms with van der Waals surface area (Å²) in [6.07, 6.45) is 1.17. The predicted octanol–water partition coefficient (Wildman–Crippen LogP) is 5.44. The Kier molecular flexibility index (Phi) is 4.87. The van der Waals surface area contributed by atoms with Crippen molar-refractivity contribution in [3.63, 3.8) is 0 Å². The van der Waals surface area contributed by atoms with Gasteiger partial charge in [0.15, 0.2) is 0 Å². The minimum absolute atomic E-state index is 0.358. The van der Waals surface area contributed by atoms with Crippen molar-refractivity contribution in [3.05, 3.63) is 109 Å². The SMILES string of the molecule is C=C[C@@H](OC(=O)c1ccccc1-c1ccccc1)c1ccccc1. The quantitative estimate of drug-likeness (QED) is 0.463. The molecule has 3 rings (SSSR count). The second-order valence-corrected chi connectivity index (χ2v) is 5.38. The molecule has 1 atom stereocenters. The molecule has 0 saturated heterocycles. The molecule has 0 spiro atoms. The van der Waals surface area contributed by atoms with E-state index in [4.69, 9.17) is 4.74 Å². The van der Waals surface area contributed by atoms with Gasteiger partial charge in [0.25, 0.3) is 0 Å². The van der Waals surface area contributed by atoms with Gasteiger partial charge in [0.1, 0.15) is 6.10 Å². The normalized spacial score (nSPS) is 11.5. The Morgan fingerprint density at radius 3 is 2.08 bits per heavy atom. The highest BCUT2D eigenvalue weighted by atomic mass is 16.5. The van der Waals surface area contributed by atoms with Gasteiger partial charge in [0.2, 0.25) is 0 Å². The third-order valence-corrected chi connectivity index (χ3v) is 3.81. The zero-order valence-electron chi connectivity index (χ0n) is 13.3. The van der Waals surface area contributed by atoms with E-state index in [0.29, 0.717) is 5.56 Å². The number of hydrogen-bond acceptors (Lipinski definition) is 2. The first-order valence-electron chi connectivity index (χ1n) is 7.82. The molecule has 2 nitrogen and oxygen atoms in total. The molecule has 2 heteroatoms. The molecule has 0 aliphatic carbocycles. The second-order valence-electron chi connectivity index (χ2n) is 5.38. The predicted molar refractivity (Wildman–Crippen MR) is 96.7 cm³/mol. The van der Waals surface area contributed by atoms with Crippen molar-refractivity contribution in [2.24, 2.45) is 0 Å². The van der Waals surface area contributed by atoms with Crippen molar-refractivity contribution >= 4 is 5.97 Å². The van der Waals surface area contributed by atoms with Gasteiger partial charge in [-0.05, 0) is 28.8 Å². The Morgan fingerprint density at radius 1 is 0.833 bits per heavy atom. The van der Waals surface area contributed by atoms with Crippen LogP contribution in [0.25, 0.3) is 11.1 Å². The van der Waals surface area contributed by atoms with Crippen LogP contribution in [0.1, 0.15) is 22.0 Å². The molecule has 0 unspecified atom stereocenters. The van der Waals surface area contributed by atoms with Gasteiger partial charge < -0.3 is 4.74 Å². The maximum absolute atomic E-state index is 12.7. The third kappa shape index (κ3) is 3.44. The summed E-state index contributed by atoms with van der Waals surface area (Å²) >= 11 is 0. The van der Waals surface area contributed by atoms with Gasteiger partial charge in [0, 0.05) is 0 Å². The van der Waals surface area contributed by atoms with Crippen LogP contribution in [0.5, 0.6) is 0 Å². The average Bonchev–Trinajstić information content (AvgIpc) is 2.67. The molecule has 0 saturated carbocycles. The summed E-state index contributed by atoms with van der Waals surface area (Å²) in [5, 5.41) is 0. The third-order valence-electron chi connectivity index (χ3n) is 3.81. The van der Waals surface area contributed by atoms with E-state index in [1.165, 1.54) is 0 Å².